The first kappa shape index (κ1) is 10.8. The summed E-state index contributed by atoms with van der Waals surface area (Å²) in [6.07, 6.45) is -0.245. The van der Waals surface area contributed by atoms with Crippen molar-refractivity contribution in [1.82, 2.24) is 15.0 Å². The van der Waals surface area contributed by atoms with Crippen molar-refractivity contribution in [2.75, 3.05) is 16.8 Å². The van der Waals surface area contributed by atoms with Crippen LogP contribution in [0.4, 0.5) is 17.8 Å². The number of aromatic nitrogens is 3. The van der Waals surface area contributed by atoms with Gasteiger partial charge >= 0.3 is 0 Å². The minimum atomic E-state index is -0.521. The fraction of sp³-hybridized carbons (Fsp3) is 0.286. The third-order valence-electron chi connectivity index (χ3n) is 1.33. The van der Waals surface area contributed by atoms with Gasteiger partial charge in [-0.05, 0) is 6.92 Å². The zero-order valence-corrected chi connectivity index (χ0v) is 8.02. The highest BCUT2D eigenvalue weighted by Crippen LogP contribution is 2.03. The number of nitrogens with one attached hydrogen (secondary N) is 1. The molecule has 0 bridgehead atoms. The predicted octanol–water partition coefficient (Wildman–Crippen LogP) is -1.05. The average Bonchev–Trinajstić information content (AvgIpc) is 1.98. The Hall–Kier alpha value is -2.25. The van der Waals surface area contributed by atoms with E-state index < -0.39 is 5.91 Å². The van der Waals surface area contributed by atoms with Crippen LogP contribution in [0.15, 0.2) is 0 Å². The number of nitrogens with zero attached hydrogens (tertiary/aromatic N) is 3. The van der Waals surface area contributed by atoms with Gasteiger partial charge in [0, 0.05) is 0 Å². The molecule has 8 nitrogen and oxygen atoms in total. The second-order valence-corrected chi connectivity index (χ2v) is 2.80. The van der Waals surface area contributed by atoms with E-state index in [-0.39, 0.29) is 30.0 Å². The molecule has 1 heterocycles. The molecule has 80 valence electrons. The van der Waals surface area contributed by atoms with Gasteiger partial charge in [0.05, 0.1) is 6.42 Å². The second kappa shape index (κ2) is 4.31. The summed E-state index contributed by atoms with van der Waals surface area (Å²) < 4.78 is 0. The van der Waals surface area contributed by atoms with Crippen LogP contribution in [0, 0.1) is 0 Å². The number of rotatable bonds is 3. The van der Waals surface area contributed by atoms with Crippen LogP contribution >= 0.6 is 0 Å². The lowest BCUT2D eigenvalue weighted by atomic mass is 10.3. The van der Waals surface area contributed by atoms with E-state index in [4.69, 9.17) is 11.5 Å². The van der Waals surface area contributed by atoms with Crippen LogP contribution in [0.2, 0.25) is 0 Å². The van der Waals surface area contributed by atoms with E-state index in [1.54, 1.807) is 0 Å². The zero-order chi connectivity index (χ0) is 11.4. The number of Topliss-reactive ketones (excluding diaryl/α,β-unsaturated/α-hetero) is 1. The smallest absolute Gasteiger partial charge is 0.236 e. The number of ketones is 1. The predicted molar refractivity (Wildman–Crippen MR) is 52.6 cm³/mol. The Labute approximate surface area is 85.1 Å². The minimum Gasteiger partial charge on any atom is -0.368 e. The fourth-order valence-corrected chi connectivity index (χ4v) is 0.860. The Morgan fingerprint density at radius 1 is 1.20 bits per heavy atom. The molecule has 0 unspecified atom stereocenters. The maximum atomic E-state index is 11.1. The van der Waals surface area contributed by atoms with E-state index >= 15 is 0 Å². The van der Waals surface area contributed by atoms with Crippen molar-refractivity contribution in [3.63, 3.8) is 0 Å². The number of nitrogen functional groups attached to an aromatic ring is 2. The van der Waals surface area contributed by atoms with Crippen molar-refractivity contribution < 1.29 is 9.59 Å². The van der Waals surface area contributed by atoms with Gasteiger partial charge in [-0.2, -0.15) is 15.0 Å². The van der Waals surface area contributed by atoms with Crippen LogP contribution in [0.25, 0.3) is 0 Å². The van der Waals surface area contributed by atoms with Crippen molar-refractivity contribution in [2.45, 2.75) is 13.3 Å². The molecule has 0 aromatic carbocycles. The van der Waals surface area contributed by atoms with Crippen LogP contribution in [-0.4, -0.2) is 26.6 Å². The normalized spacial score (nSPS) is 9.67. The first-order chi connectivity index (χ1) is 6.97. The summed E-state index contributed by atoms with van der Waals surface area (Å²) in [7, 11) is 0. The quantitative estimate of drug-likeness (QED) is 0.541. The van der Waals surface area contributed by atoms with Gasteiger partial charge in [-0.3, -0.25) is 14.9 Å². The molecule has 0 saturated carbocycles. The molecule has 0 aliphatic rings. The molecule has 0 aliphatic heterocycles. The van der Waals surface area contributed by atoms with E-state index in [1.807, 2.05) is 0 Å². The summed E-state index contributed by atoms with van der Waals surface area (Å²) in [6, 6.07) is 0. The number of carbonyl (C=O) groups excluding carboxylic acids is 2. The number of hydrogen-bond acceptors (Lipinski definition) is 7. The van der Waals surface area contributed by atoms with Gasteiger partial charge in [0.1, 0.15) is 5.78 Å². The highest BCUT2D eigenvalue weighted by atomic mass is 16.2. The summed E-state index contributed by atoms with van der Waals surface area (Å²) in [5.74, 6) is -1.04. The number of carbonyl (C=O) groups is 2. The Morgan fingerprint density at radius 3 is 2.20 bits per heavy atom. The van der Waals surface area contributed by atoms with Crippen LogP contribution < -0.4 is 16.8 Å². The lowest BCUT2D eigenvalue weighted by molar-refractivity contribution is -0.124. The van der Waals surface area contributed by atoms with Gasteiger partial charge < -0.3 is 11.5 Å². The lowest BCUT2D eigenvalue weighted by Gasteiger charge is -2.02. The topological polar surface area (TPSA) is 137 Å². The third-order valence-corrected chi connectivity index (χ3v) is 1.33. The largest absolute Gasteiger partial charge is 0.368 e. The van der Waals surface area contributed by atoms with E-state index in [1.165, 1.54) is 6.92 Å². The highest BCUT2D eigenvalue weighted by Gasteiger charge is 2.08. The van der Waals surface area contributed by atoms with Crippen molar-refractivity contribution in [2.24, 2.45) is 0 Å². The summed E-state index contributed by atoms with van der Waals surface area (Å²) in [4.78, 5) is 32.5. The Bertz CT molecular complexity index is 384. The van der Waals surface area contributed by atoms with Gasteiger partial charge in [0.25, 0.3) is 0 Å². The zero-order valence-electron chi connectivity index (χ0n) is 8.02. The fourth-order valence-electron chi connectivity index (χ4n) is 0.860. The monoisotopic (exact) mass is 210 g/mol. The molecule has 0 aliphatic carbocycles. The summed E-state index contributed by atoms with van der Waals surface area (Å²) >= 11 is 0. The van der Waals surface area contributed by atoms with Gasteiger partial charge in [-0.1, -0.05) is 0 Å². The van der Waals surface area contributed by atoms with Crippen LogP contribution in [0.3, 0.4) is 0 Å². The van der Waals surface area contributed by atoms with Gasteiger partial charge in [0.2, 0.25) is 23.8 Å². The van der Waals surface area contributed by atoms with E-state index in [0.717, 1.165) is 0 Å². The number of anilines is 3. The molecule has 0 radical (unpaired) electrons. The highest BCUT2D eigenvalue weighted by molar-refractivity contribution is 6.02. The van der Waals surface area contributed by atoms with E-state index in [9.17, 15) is 9.59 Å². The molecule has 0 atom stereocenters. The van der Waals surface area contributed by atoms with Crippen molar-refractivity contribution >= 4 is 29.5 Å². The molecule has 1 rings (SSSR count). The SMILES string of the molecule is CC(=O)CC(=O)Nc1nc(N)nc(N)n1. The molecule has 8 heteroatoms. The molecular formula is C7H10N6O2. The average molecular weight is 210 g/mol. The maximum absolute atomic E-state index is 11.1. The molecule has 15 heavy (non-hydrogen) atoms. The second-order valence-electron chi connectivity index (χ2n) is 2.80. The standard InChI is InChI=1S/C7H10N6O2/c1-3(14)2-4(15)10-7-12-5(8)11-6(9)13-7/h2H2,1H3,(H5,8,9,10,11,12,13,15). The lowest BCUT2D eigenvalue weighted by Crippen LogP contribution is -2.18. The molecule has 1 aromatic rings. The van der Waals surface area contributed by atoms with Crippen molar-refractivity contribution in [3.05, 3.63) is 0 Å². The number of amides is 1. The first-order valence-corrected chi connectivity index (χ1v) is 4.03. The van der Waals surface area contributed by atoms with Crippen LogP contribution in [0.5, 0.6) is 0 Å². The molecule has 1 amide bonds. The molecule has 1 aromatic heterocycles. The Balaban J connectivity index is 2.72. The van der Waals surface area contributed by atoms with Crippen molar-refractivity contribution in [1.29, 1.82) is 0 Å². The molecule has 5 N–H and O–H groups in total. The Morgan fingerprint density at radius 2 is 1.73 bits per heavy atom. The number of hydrogen-bond donors (Lipinski definition) is 3. The first-order valence-electron chi connectivity index (χ1n) is 4.03. The van der Waals surface area contributed by atoms with Crippen molar-refractivity contribution in [3.8, 4) is 0 Å². The van der Waals surface area contributed by atoms with Crippen LogP contribution in [-0.2, 0) is 9.59 Å². The van der Waals surface area contributed by atoms with Crippen LogP contribution in [0.1, 0.15) is 13.3 Å². The van der Waals surface area contributed by atoms with E-state index in [2.05, 4.69) is 20.3 Å². The van der Waals surface area contributed by atoms with Gasteiger partial charge in [-0.15, -0.1) is 0 Å². The summed E-state index contributed by atoms with van der Waals surface area (Å²) in [5, 5.41) is 2.27. The van der Waals surface area contributed by atoms with Gasteiger partial charge in [0.15, 0.2) is 0 Å². The third kappa shape index (κ3) is 3.55. The molecule has 0 fully saturated rings. The summed E-state index contributed by atoms with van der Waals surface area (Å²) in [6.45, 7) is 1.30. The van der Waals surface area contributed by atoms with E-state index in [0.29, 0.717) is 0 Å². The van der Waals surface area contributed by atoms with Gasteiger partial charge in [-0.25, -0.2) is 0 Å². The summed E-state index contributed by atoms with van der Waals surface area (Å²) in [5.41, 5.74) is 10.6. The molecular weight excluding hydrogens is 200 g/mol. The number of nitrogens with two attached hydrogens (primary N) is 2. The molecule has 0 saturated heterocycles. The Kier molecular flexibility index (Phi) is 3.11. The molecule has 0 spiro atoms. The maximum Gasteiger partial charge on any atom is 0.236 e. The minimum absolute atomic E-state index is 0.0637.